The van der Waals surface area contributed by atoms with E-state index >= 15 is 4.39 Å². The van der Waals surface area contributed by atoms with Gasteiger partial charge in [-0.2, -0.15) is 0 Å². The number of allylic oxidation sites excluding steroid dienone is 3. The van der Waals surface area contributed by atoms with Crippen LogP contribution in [0.3, 0.4) is 0 Å². The summed E-state index contributed by atoms with van der Waals surface area (Å²) in [6.07, 6.45) is 6.24. The van der Waals surface area contributed by atoms with Crippen molar-refractivity contribution in [1.82, 2.24) is 9.80 Å². The third-order valence-electron chi connectivity index (χ3n) is 6.41. The highest BCUT2D eigenvalue weighted by Gasteiger charge is 2.53. The van der Waals surface area contributed by atoms with Crippen molar-refractivity contribution in [1.29, 1.82) is 0 Å². The minimum absolute atomic E-state index is 0.00786. The maximum absolute atomic E-state index is 15.7. The van der Waals surface area contributed by atoms with E-state index < -0.39 is 29.7 Å². The van der Waals surface area contributed by atoms with E-state index in [1.807, 2.05) is 22.0 Å². The maximum Gasteiger partial charge on any atom is 0.265 e. The molecule has 6 rings (SSSR count). The van der Waals surface area contributed by atoms with E-state index in [-0.39, 0.29) is 29.9 Å². The molecule has 1 saturated heterocycles. The predicted octanol–water partition coefficient (Wildman–Crippen LogP) is 0.841. The Morgan fingerprint density at radius 2 is 2.10 bits per heavy atom. The molecule has 8 nitrogen and oxygen atoms in total. The Morgan fingerprint density at radius 3 is 2.90 bits per heavy atom. The summed E-state index contributed by atoms with van der Waals surface area (Å²) in [5.41, 5.74) is 7.88. The molecule has 2 N–H and O–H groups in total. The van der Waals surface area contributed by atoms with Crippen LogP contribution < -0.4 is 5.73 Å². The van der Waals surface area contributed by atoms with Crippen molar-refractivity contribution in [2.24, 2.45) is 16.8 Å². The van der Waals surface area contributed by atoms with Crippen LogP contribution in [0.25, 0.3) is 0 Å². The number of nitrogens with two attached hydrogens (primary N) is 1. The Kier molecular flexibility index (Phi) is 3.39. The third-order valence-corrected chi connectivity index (χ3v) is 6.41. The van der Waals surface area contributed by atoms with Crippen molar-refractivity contribution < 1.29 is 23.6 Å². The van der Waals surface area contributed by atoms with Gasteiger partial charge in [0.05, 0.1) is 17.6 Å². The van der Waals surface area contributed by atoms with E-state index in [0.717, 1.165) is 12.0 Å². The lowest BCUT2D eigenvalue weighted by atomic mass is 9.81. The van der Waals surface area contributed by atoms with Crippen LogP contribution in [-0.4, -0.2) is 59.0 Å². The highest BCUT2D eigenvalue weighted by atomic mass is 19.1. The van der Waals surface area contributed by atoms with Gasteiger partial charge in [0.2, 0.25) is 12.0 Å². The lowest BCUT2D eigenvalue weighted by molar-refractivity contribution is -0.138. The van der Waals surface area contributed by atoms with Crippen LogP contribution in [0.15, 0.2) is 51.6 Å². The van der Waals surface area contributed by atoms with Gasteiger partial charge in [0.15, 0.2) is 17.3 Å². The number of carbonyl (C=O) groups excluding carboxylic acids is 2. The number of ether oxygens (including phenoxy) is 1. The molecule has 0 aromatic rings. The average Bonchev–Trinajstić information content (AvgIpc) is 3.35. The standard InChI is InChI=1S/C20H19FN4O4/c21-15-13(24-4-3-11(22)8-24)6-9-5-10-7-23-29-20(10)25-12-1-2-14(26)17(27)18(12)28-19(15)16(9)25/h5-7,9,11,16,20H,1-4,8,22H2. The van der Waals surface area contributed by atoms with Crippen LogP contribution in [0.5, 0.6) is 0 Å². The van der Waals surface area contributed by atoms with E-state index in [9.17, 15) is 9.59 Å². The quantitative estimate of drug-likeness (QED) is 0.654. The fourth-order valence-electron chi connectivity index (χ4n) is 5.05. The SMILES string of the molecule is NC1CCN(C2=CC3C=C4C=NOC4N4C5=C(OC(=C2F)C34)C(=O)C(=O)CC5)C1. The largest absolute Gasteiger partial charge is 0.450 e. The summed E-state index contributed by atoms with van der Waals surface area (Å²) in [5, 5.41) is 3.92. The molecule has 4 heterocycles. The van der Waals surface area contributed by atoms with E-state index in [1.54, 1.807) is 6.21 Å². The van der Waals surface area contributed by atoms with Crippen molar-refractivity contribution in [2.45, 2.75) is 37.6 Å². The van der Waals surface area contributed by atoms with Gasteiger partial charge in [-0.25, -0.2) is 4.39 Å². The minimum Gasteiger partial charge on any atom is -0.450 e. The number of oxime groups is 1. The van der Waals surface area contributed by atoms with Crippen LogP contribution in [0.1, 0.15) is 19.3 Å². The Labute approximate surface area is 165 Å². The van der Waals surface area contributed by atoms with E-state index in [1.165, 1.54) is 0 Å². The summed E-state index contributed by atoms with van der Waals surface area (Å²) in [5.74, 6) is -1.96. The first-order valence-corrected chi connectivity index (χ1v) is 9.83. The lowest BCUT2D eigenvalue weighted by Gasteiger charge is -2.49. The fraction of sp³-hybridized carbons (Fsp3) is 0.450. The molecule has 0 aromatic carbocycles. The molecule has 2 aliphatic carbocycles. The van der Waals surface area contributed by atoms with Crippen molar-refractivity contribution in [3.63, 3.8) is 0 Å². The first-order chi connectivity index (χ1) is 14.0. The van der Waals surface area contributed by atoms with Crippen molar-refractivity contribution >= 4 is 17.8 Å². The zero-order valence-electron chi connectivity index (χ0n) is 15.5. The van der Waals surface area contributed by atoms with Gasteiger partial charge < -0.3 is 25.1 Å². The van der Waals surface area contributed by atoms with Crippen molar-refractivity contribution in [2.75, 3.05) is 13.1 Å². The fourth-order valence-corrected chi connectivity index (χ4v) is 5.05. The summed E-state index contributed by atoms with van der Waals surface area (Å²) < 4.78 is 21.5. The molecule has 0 bridgehead atoms. The number of nitrogens with zero attached hydrogens (tertiary/aromatic N) is 3. The third kappa shape index (κ3) is 2.24. The topological polar surface area (TPSA) is 97.5 Å². The number of halogens is 1. The van der Waals surface area contributed by atoms with Gasteiger partial charge in [-0.3, -0.25) is 9.59 Å². The molecule has 4 atom stereocenters. The normalized spacial score (nSPS) is 35.1. The number of hydrogen-bond donors (Lipinski definition) is 1. The second kappa shape index (κ2) is 5.79. The molecule has 0 saturated carbocycles. The van der Waals surface area contributed by atoms with Crippen LogP contribution in [-0.2, 0) is 19.2 Å². The zero-order valence-corrected chi connectivity index (χ0v) is 15.5. The summed E-state index contributed by atoms with van der Waals surface area (Å²) in [6.45, 7) is 1.21. The van der Waals surface area contributed by atoms with Crippen LogP contribution >= 0.6 is 0 Å². The Morgan fingerprint density at radius 1 is 1.24 bits per heavy atom. The molecule has 9 heteroatoms. The number of ketones is 2. The molecule has 0 amide bonds. The summed E-state index contributed by atoms with van der Waals surface area (Å²) in [6, 6.07) is -0.489. The van der Waals surface area contributed by atoms with Gasteiger partial charge in [-0.1, -0.05) is 11.2 Å². The van der Waals surface area contributed by atoms with Crippen LogP contribution in [0.2, 0.25) is 0 Å². The van der Waals surface area contributed by atoms with Gasteiger partial charge in [0, 0.05) is 37.0 Å². The van der Waals surface area contributed by atoms with Crippen molar-refractivity contribution in [3.05, 3.63) is 46.5 Å². The molecule has 0 radical (unpaired) electrons. The van der Waals surface area contributed by atoms with Crippen LogP contribution in [0.4, 0.5) is 4.39 Å². The summed E-state index contributed by atoms with van der Waals surface area (Å²) in [7, 11) is 0. The first-order valence-electron chi connectivity index (χ1n) is 9.83. The first kappa shape index (κ1) is 17.0. The molecule has 4 unspecified atom stereocenters. The Balaban J connectivity index is 1.52. The molecular formula is C20H19FN4O4. The number of rotatable bonds is 1. The number of Topliss-reactive ketones (excluding diaryl/α,β-unsaturated/α-hetero) is 2. The van der Waals surface area contributed by atoms with E-state index in [0.29, 0.717) is 30.9 Å². The Hall–Kier alpha value is -2.94. The number of carbonyl (C=O) groups is 2. The predicted molar refractivity (Wildman–Crippen MR) is 98.3 cm³/mol. The molecular weight excluding hydrogens is 379 g/mol. The van der Waals surface area contributed by atoms with E-state index in [2.05, 4.69) is 5.16 Å². The summed E-state index contributed by atoms with van der Waals surface area (Å²) in [4.78, 5) is 33.9. The molecule has 4 aliphatic heterocycles. The van der Waals surface area contributed by atoms with Gasteiger partial charge in [-0.15, -0.1) is 0 Å². The van der Waals surface area contributed by atoms with Gasteiger partial charge in [0.1, 0.15) is 6.04 Å². The lowest BCUT2D eigenvalue weighted by Crippen LogP contribution is -2.56. The number of fused-ring (bicyclic) bond motifs is 3. The number of hydrogen-bond acceptors (Lipinski definition) is 8. The maximum atomic E-state index is 15.7. The highest BCUT2D eigenvalue weighted by molar-refractivity contribution is 6.43. The highest BCUT2D eigenvalue weighted by Crippen LogP contribution is 2.49. The van der Waals surface area contributed by atoms with Gasteiger partial charge >= 0.3 is 0 Å². The molecule has 6 aliphatic rings. The van der Waals surface area contributed by atoms with Crippen LogP contribution in [0, 0.1) is 5.92 Å². The second-order valence-electron chi connectivity index (χ2n) is 8.14. The van der Waals surface area contributed by atoms with Crippen molar-refractivity contribution in [3.8, 4) is 0 Å². The Bertz CT molecular complexity index is 1010. The average molecular weight is 398 g/mol. The minimum atomic E-state index is -0.712. The molecule has 0 aromatic heterocycles. The molecule has 29 heavy (non-hydrogen) atoms. The second-order valence-corrected chi connectivity index (χ2v) is 8.14. The molecule has 0 spiro atoms. The molecule has 150 valence electrons. The van der Waals surface area contributed by atoms with E-state index in [4.69, 9.17) is 15.3 Å². The van der Waals surface area contributed by atoms with Gasteiger partial charge in [0.25, 0.3) is 5.78 Å². The zero-order chi connectivity index (χ0) is 19.9. The smallest absolute Gasteiger partial charge is 0.265 e. The molecule has 1 fully saturated rings. The monoisotopic (exact) mass is 398 g/mol. The summed E-state index contributed by atoms with van der Waals surface area (Å²) >= 11 is 0. The van der Waals surface area contributed by atoms with Gasteiger partial charge in [-0.05, 0) is 18.9 Å². The number of likely N-dealkylation sites (tertiary alicyclic amines) is 1.